The average Bonchev–Trinajstić information content (AvgIpc) is 3.02. The molecule has 0 saturated carbocycles. The van der Waals surface area contributed by atoms with Crippen LogP contribution in [0.15, 0.2) is 29.1 Å². The Bertz CT molecular complexity index is 1050. The highest BCUT2D eigenvalue weighted by Crippen LogP contribution is 2.25. The number of nitrogens with zero attached hydrogens (tertiary/aromatic N) is 2. The van der Waals surface area contributed by atoms with Crippen molar-refractivity contribution in [3.63, 3.8) is 0 Å². The molecule has 0 aliphatic carbocycles. The third-order valence-electron chi connectivity index (χ3n) is 4.47. The van der Waals surface area contributed by atoms with Gasteiger partial charge in [-0.25, -0.2) is 4.98 Å². The van der Waals surface area contributed by atoms with Crippen molar-refractivity contribution < 1.29 is 4.79 Å². The summed E-state index contributed by atoms with van der Waals surface area (Å²) in [7, 11) is 0. The fourth-order valence-corrected chi connectivity index (χ4v) is 4.05. The number of amides is 1. The van der Waals surface area contributed by atoms with Gasteiger partial charge in [0.05, 0.1) is 5.39 Å². The van der Waals surface area contributed by atoms with Crippen LogP contribution in [-0.2, 0) is 11.2 Å². The minimum atomic E-state index is -0.692. The van der Waals surface area contributed by atoms with Gasteiger partial charge in [-0.3, -0.25) is 14.2 Å². The minimum Gasteiger partial charge on any atom is -0.324 e. The Labute approximate surface area is 160 Å². The van der Waals surface area contributed by atoms with Crippen molar-refractivity contribution in [1.82, 2.24) is 9.55 Å². The van der Waals surface area contributed by atoms with Crippen LogP contribution >= 0.6 is 22.9 Å². The molecule has 136 valence electrons. The van der Waals surface area contributed by atoms with Gasteiger partial charge in [0.15, 0.2) is 0 Å². The van der Waals surface area contributed by atoms with Crippen LogP contribution in [0.5, 0.6) is 0 Å². The van der Waals surface area contributed by atoms with E-state index in [-0.39, 0.29) is 11.5 Å². The van der Waals surface area contributed by atoms with Gasteiger partial charge in [0.2, 0.25) is 5.91 Å². The van der Waals surface area contributed by atoms with Crippen LogP contribution in [-0.4, -0.2) is 15.5 Å². The van der Waals surface area contributed by atoms with Crippen molar-refractivity contribution >= 4 is 44.7 Å². The molecule has 3 aromatic rings. The third-order valence-corrected chi connectivity index (χ3v) is 6.05. The smallest absolute Gasteiger partial charge is 0.263 e. The molecule has 0 bridgehead atoms. The average molecular weight is 390 g/mol. The second-order valence-electron chi connectivity index (χ2n) is 6.20. The molecule has 2 aromatic heterocycles. The summed E-state index contributed by atoms with van der Waals surface area (Å²) < 4.78 is 1.45. The van der Waals surface area contributed by atoms with Crippen LogP contribution < -0.4 is 10.9 Å². The van der Waals surface area contributed by atoms with E-state index >= 15 is 0 Å². The lowest BCUT2D eigenvalue weighted by atomic mass is 10.2. The largest absolute Gasteiger partial charge is 0.324 e. The molecular formula is C19H20ClN3O2S. The maximum Gasteiger partial charge on any atom is 0.263 e. The molecule has 1 atom stereocenters. The monoisotopic (exact) mass is 389 g/mol. The molecule has 0 aliphatic rings. The quantitative estimate of drug-likeness (QED) is 0.714. The number of rotatable bonds is 4. The zero-order valence-electron chi connectivity index (χ0n) is 15.1. The first-order chi connectivity index (χ1) is 12.3. The second-order valence-corrected chi connectivity index (χ2v) is 7.72. The van der Waals surface area contributed by atoms with E-state index in [2.05, 4.69) is 10.3 Å². The fraction of sp³-hybridized carbons (Fsp3) is 0.316. The van der Waals surface area contributed by atoms with E-state index in [1.165, 1.54) is 15.9 Å². The summed E-state index contributed by atoms with van der Waals surface area (Å²) in [4.78, 5) is 32.0. The summed E-state index contributed by atoms with van der Waals surface area (Å²) in [6.07, 6.45) is 0.851. The number of carbonyl (C=O) groups excluding carboxylic acids is 1. The van der Waals surface area contributed by atoms with Crippen LogP contribution in [0.4, 0.5) is 5.69 Å². The van der Waals surface area contributed by atoms with Crippen LogP contribution in [0.3, 0.4) is 0 Å². The summed E-state index contributed by atoms with van der Waals surface area (Å²) in [5, 5.41) is 4.01. The summed E-state index contributed by atoms with van der Waals surface area (Å²) in [5.74, 6) is 0.241. The number of carbonyl (C=O) groups is 1. The number of hydrogen-bond donors (Lipinski definition) is 1. The Hall–Kier alpha value is -2.18. The second kappa shape index (κ2) is 7.21. The molecule has 3 rings (SSSR count). The summed E-state index contributed by atoms with van der Waals surface area (Å²) in [5.41, 5.74) is 1.24. The molecular weight excluding hydrogens is 370 g/mol. The summed E-state index contributed by atoms with van der Waals surface area (Å²) in [6, 6.07) is 6.51. The van der Waals surface area contributed by atoms with Gasteiger partial charge in [-0.1, -0.05) is 24.6 Å². The van der Waals surface area contributed by atoms with Gasteiger partial charge >= 0.3 is 0 Å². The number of hydrogen-bond acceptors (Lipinski definition) is 4. The molecule has 26 heavy (non-hydrogen) atoms. The van der Waals surface area contributed by atoms with E-state index in [4.69, 9.17) is 11.6 Å². The zero-order chi connectivity index (χ0) is 19.0. The first-order valence-corrected chi connectivity index (χ1v) is 9.60. The van der Waals surface area contributed by atoms with Gasteiger partial charge in [0.1, 0.15) is 16.7 Å². The van der Waals surface area contributed by atoms with Crippen LogP contribution in [0, 0.1) is 13.8 Å². The van der Waals surface area contributed by atoms with Gasteiger partial charge in [-0.15, -0.1) is 11.3 Å². The van der Waals surface area contributed by atoms with Crippen LogP contribution in [0.25, 0.3) is 10.2 Å². The van der Waals surface area contributed by atoms with Gasteiger partial charge in [0.25, 0.3) is 5.56 Å². The van der Waals surface area contributed by atoms with E-state index in [0.717, 1.165) is 21.7 Å². The summed E-state index contributed by atoms with van der Waals surface area (Å²) >= 11 is 7.63. The highest BCUT2D eigenvalue weighted by Gasteiger charge is 2.22. The molecule has 0 fully saturated rings. The highest BCUT2D eigenvalue weighted by molar-refractivity contribution is 7.18. The van der Waals surface area contributed by atoms with E-state index in [0.29, 0.717) is 21.9 Å². The number of aryl methyl sites for hydroxylation is 2. The number of halogens is 1. The Morgan fingerprint density at radius 1 is 1.38 bits per heavy atom. The lowest BCUT2D eigenvalue weighted by Gasteiger charge is -2.18. The predicted octanol–water partition coefficient (Wildman–Crippen LogP) is 4.49. The molecule has 5 nitrogen and oxygen atoms in total. The SMILES string of the molecule is CCc1cc2c(=O)n(C(C)C(=O)Nc3cccc(Cl)c3C)c(C)nc2s1. The topological polar surface area (TPSA) is 64.0 Å². The van der Waals surface area contributed by atoms with Crippen LogP contribution in [0.1, 0.15) is 36.2 Å². The lowest BCUT2D eigenvalue weighted by Crippen LogP contribution is -2.33. The van der Waals surface area contributed by atoms with Crippen molar-refractivity contribution in [2.75, 3.05) is 5.32 Å². The van der Waals surface area contributed by atoms with E-state index < -0.39 is 6.04 Å². The highest BCUT2D eigenvalue weighted by atomic mass is 35.5. The normalized spacial score (nSPS) is 12.3. The van der Waals surface area contributed by atoms with Gasteiger partial charge < -0.3 is 5.32 Å². The molecule has 1 aromatic carbocycles. The predicted molar refractivity (Wildman–Crippen MR) is 108 cm³/mol. The molecule has 0 spiro atoms. The molecule has 0 radical (unpaired) electrons. The number of thiophene rings is 1. The zero-order valence-corrected chi connectivity index (χ0v) is 16.7. The standard InChI is InChI=1S/C19H20ClN3O2S/c1-5-13-9-14-18(26-13)21-12(4)23(19(14)25)11(3)17(24)22-16-8-6-7-15(20)10(16)2/h6-9,11H,5H2,1-4H3,(H,22,24). The Balaban J connectivity index is 1.98. The van der Waals surface area contributed by atoms with Crippen molar-refractivity contribution in [1.29, 1.82) is 0 Å². The fourth-order valence-electron chi connectivity index (χ4n) is 2.87. The molecule has 1 amide bonds. The van der Waals surface area contributed by atoms with Gasteiger partial charge in [-0.2, -0.15) is 0 Å². The van der Waals surface area contributed by atoms with Gasteiger partial charge in [-0.05, 0) is 51.0 Å². The number of aromatic nitrogens is 2. The minimum absolute atomic E-state index is 0.186. The first kappa shape index (κ1) is 18.6. The number of anilines is 1. The molecule has 1 unspecified atom stereocenters. The van der Waals surface area contributed by atoms with Crippen LogP contribution in [0.2, 0.25) is 5.02 Å². The molecule has 2 heterocycles. The van der Waals surface area contributed by atoms with E-state index in [1.807, 2.05) is 19.9 Å². The third kappa shape index (κ3) is 3.27. The van der Waals surface area contributed by atoms with Crippen molar-refractivity contribution in [2.45, 2.75) is 40.2 Å². The van der Waals surface area contributed by atoms with Crippen molar-refractivity contribution in [2.24, 2.45) is 0 Å². The number of nitrogens with one attached hydrogen (secondary N) is 1. The number of benzene rings is 1. The van der Waals surface area contributed by atoms with Gasteiger partial charge in [0, 0.05) is 15.6 Å². The lowest BCUT2D eigenvalue weighted by molar-refractivity contribution is -0.118. The Morgan fingerprint density at radius 3 is 2.81 bits per heavy atom. The van der Waals surface area contributed by atoms with Crippen molar-refractivity contribution in [3.8, 4) is 0 Å². The molecule has 1 N–H and O–H groups in total. The number of fused-ring (bicyclic) bond motifs is 1. The maximum absolute atomic E-state index is 12.9. The van der Waals surface area contributed by atoms with E-state index in [9.17, 15) is 9.59 Å². The Morgan fingerprint density at radius 2 is 2.12 bits per heavy atom. The molecule has 7 heteroatoms. The molecule has 0 aliphatic heterocycles. The van der Waals surface area contributed by atoms with E-state index in [1.54, 1.807) is 32.0 Å². The first-order valence-electron chi connectivity index (χ1n) is 8.41. The summed E-state index contributed by atoms with van der Waals surface area (Å²) in [6.45, 7) is 7.33. The Kier molecular flexibility index (Phi) is 5.16. The molecule has 0 saturated heterocycles. The maximum atomic E-state index is 12.9. The van der Waals surface area contributed by atoms with Crippen molar-refractivity contribution in [3.05, 3.63) is 55.9 Å².